The van der Waals surface area contributed by atoms with Gasteiger partial charge in [0.05, 0.1) is 18.8 Å². The number of piperidine rings is 1. The number of rotatable bonds is 7. The summed E-state index contributed by atoms with van der Waals surface area (Å²) in [6.45, 7) is 6.81. The van der Waals surface area contributed by atoms with Gasteiger partial charge >= 0.3 is 5.51 Å². The van der Waals surface area contributed by atoms with Gasteiger partial charge in [0.25, 0.3) is 5.91 Å². The lowest BCUT2D eigenvalue weighted by atomic mass is 9.95. The fourth-order valence-electron chi connectivity index (χ4n) is 5.58. The smallest absolute Gasteiger partial charge is 0.371 e. The highest BCUT2D eigenvalue weighted by Gasteiger charge is 2.35. The number of hydrogen-bond acceptors (Lipinski definition) is 8. The number of hydrogen-bond donors (Lipinski definition) is 1. The molecule has 0 unspecified atom stereocenters. The molecule has 1 amide bonds. The van der Waals surface area contributed by atoms with Gasteiger partial charge in [0.15, 0.2) is 5.82 Å². The van der Waals surface area contributed by atoms with Crippen LogP contribution in [0.4, 0.5) is 18.9 Å². The molecule has 1 fully saturated rings. The van der Waals surface area contributed by atoms with Crippen molar-refractivity contribution in [1.82, 2.24) is 38.8 Å². The maximum atomic E-state index is 13.1. The molecule has 10 nitrogen and oxygen atoms in total. The number of imidazole rings is 1. The van der Waals surface area contributed by atoms with Crippen molar-refractivity contribution in [2.45, 2.75) is 64.2 Å². The third-order valence-electron chi connectivity index (χ3n) is 7.72. The van der Waals surface area contributed by atoms with E-state index in [-0.39, 0.29) is 36.9 Å². The van der Waals surface area contributed by atoms with E-state index in [4.69, 9.17) is 0 Å². The van der Waals surface area contributed by atoms with E-state index in [1.54, 1.807) is 15.3 Å². The van der Waals surface area contributed by atoms with Gasteiger partial charge in [0.1, 0.15) is 11.5 Å². The Balaban J connectivity index is 1.03. The normalized spacial score (nSPS) is 16.6. The number of halogens is 3. The molecular formula is C28H32F3N9OS. The van der Waals surface area contributed by atoms with Gasteiger partial charge in [-0.1, -0.05) is 19.1 Å². The SMILES string of the molecule is CCc1nc2ncc(C)cn2c1C(=O)NCc1ccc(N2CCC(c3nc4n(n3)CCN(SC(F)(F)F)C4)CC2)cc1. The Morgan fingerprint density at radius 3 is 2.57 bits per heavy atom. The molecule has 0 saturated carbocycles. The summed E-state index contributed by atoms with van der Waals surface area (Å²) in [6, 6.07) is 8.19. The van der Waals surface area contributed by atoms with Gasteiger partial charge in [-0.25, -0.2) is 23.9 Å². The highest BCUT2D eigenvalue weighted by molar-refractivity contribution is 7.97. The summed E-state index contributed by atoms with van der Waals surface area (Å²) in [5.74, 6) is 1.85. The van der Waals surface area contributed by atoms with Crippen LogP contribution in [0.15, 0.2) is 36.7 Å². The second-order valence-corrected chi connectivity index (χ2v) is 11.8. The number of fused-ring (bicyclic) bond motifs is 2. The minimum atomic E-state index is -4.30. The standard InChI is InChI=1S/C28H32F3N9OS/c1-3-22-24(39-16-18(2)14-33-27(39)34-22)26(41)32-15-19-4-6-21(7-5-19)37-10-8-20(9-11-37)25-35-23-17-38(42-28(29,30)31)12-13-40(23)36-25/h4-7,14,16,20H,3,8-13,15,17H2,1-2H3,(H,32,41). The molecular weight excluding hydrogens is 567 g/mol. The highest BCUT2D eigenvalue weighted by atomic mass is 32.2. The molecule has 222 valence electrons. The molecule has 0 atom stereocenters. The minimum Gasteiger partial charge on any atom is -0.371 e. The lowest BCUT2D eigenvalue weighted by Gasteiger charge is -2.32. The van der Waals surface area contributed by atoms with Crippen LogP contribution in [0.2, 0.25) is 0 Å². The van der Waals surface area contributed by atoms with Crippen molar-refractivity contribution in [3.8, 4) is 0 Å². The van der Waals surface area contributed by atoms with E-state index in [9.17, 15) is 18.0 Å². The molecule has 1 N–H and O–H groups in total. The number of nitrogens with zero attached hydrogens (tertiary/aromatic N) is 8. The number of amides is 1. The predicted molar refractivity (Wildman–Crippen MR) is 153 cm³/mol. The summed E-state index contributed by atoms with van der Waals surface area (Å²) < 4.78 is 43.1. The van der Waals surface area contributed by atoms with Crippen molar-refractivity contribution >= 4 is 29.3 Å². The Labute approximate surface area is 245 Å². The number of nitrogens with one attached hydrogen (secondary N) is 1. The number of benzene rings is 1. The van der Waals surface area contributed by atoms with Gasteiger partial charge < -0.3 is 10.2 Å². The Kier molecular flexibility index (Phi) is 7.83. The van der Waals surface area contributed by atoms with Crippen LogP contribution >= 0.6 is 11.9 Å². The number of aryl methyl sites for hydroxylation is 2. The summed E-state index contributed by atoms with van der Waals surface area (Å²) >= 11 is -0.0901. The number of anilines is 1. The Bertz CT molecular complexity index is 1580. The molecule has 5 heterocycles. The number of carbonyl (C=O) groups is 1. The fraction of sp³-hybridized carbons (Fsp3) is 0.464. The van der Waals surface area contributed by atoms with Crippen molar-refractivity contribution < 1.29 is 18.0 Å². The van der Waals surface area contributed by atoms with E-state index in [0.29, 0.717) is 36.8 Å². The first-order valence-electron chi connectivity index (χ1n) is 14.1. The molecule has 6 rings (SSSR count). The number of alkyl halides is 3. The molecule has 0 aliphatic carbocycles. The molecule has 1 aromatic carbocycles. The average molecular weight is 600 g/mol. The first kappa shape index (κ1) is 28.5. The zero-order valence-corrected chi connectivity index (χ0v) is 24.3. The van der Waals surface area contributed by atoms with Crippen LogP contribution in [-0.4, -0.2) is 64.5 Å². The second-order valence-electron chi connectivity index (χ2n) is 10.7. The van der Waals surface area contributed by atoms with Gasteiger partial charge in [-0.05, 0) is 49.4 Å². The Hall–Kier alpha value is -3.65. The molecule has 2 aliphatic heterocycles. The first-order valence-corrected chi connectivity index (χ1v) is 14.8. The monoisotopic (exact) mass is 599 g/mol. The molecule has 0 radical (unpaired) electrons. The molecule has 0 spiro atoms. The van der Waals surface area contributed by atoms with E-state index >= 15 is 0 Å². The zero-order valence-electron chi connectivity index (χ0n) is 23.4. The van der Waals surface area contributed by atoms with Crippen LogP contribution in [0.1, 0.15) is 64.6 Å². The minimum absolute atomic E-state index is 0.0901. The number of aromatic nitrogens is 6. The van der Waals surface area contributed by atoms with Crippen LogP contribution in [0.5, 0.6) is 0 Å². The predicted octanol–water partition coefficient (Wildman–Crippen LogP) is 4.49. The molecule has 1 saturated heterocycles. The van der Waals surface area contributed by atoms with Gasteiger partial charge in [0.2, 0.25) is 5.78 Å². The van der Waals surface area contributed by atoms with Crippen LogP contribution in [0.3, 0.4) is 0 Å². The average Bonchev–Trinajstić information content (AvgIpc) is 3.56. The molecule has 2 aliphatic rings. The molecule has 0 bridgehead atoms. The molecule has 42 heavy (non-hydrogen) atoms. The quantitative estimate of drug-likeness (QED) is 0.311. The van der Waals surface area contributed by atoms with Crippen LogP contribution in [-0.2, 0) is 26.1 Å². The van der Waals surface area contributed by atoms with Gasteiger partial charge in [-0.15, -0.1) is 0 Å². The molecule has 14 heteroatoms. The molecule has 3 aromatic heterocycles. The van der Waals surface area contributed by atoms with Crippen molar-refractivity contribution in [2.75, 3.05) is 24.5 Å². The summed E-state index contributed by atoms with van der Waals surface area (Å²) in [6.07, 6.45) is 6.00. The third-order valence-corrected chi connectivity index (χ3v) is 8.50. The van der Waals surface area contributed by atoms with Crippen LogP contribution in [0, 0.1) is 6.92 Å². The van der Waals surface area contributed by atoms with Crippen molar-refractivity contribution in [2.24, 2.45) is 0 Å². The maximum absolute atomic E-state index is 13.1. The van der Waals surface area contributed by atoms with E-state index < -0.39 is 5.51 Å². The Morgan fingerprint density at radius 2 is 1.86 bits per heavy atom. The van der Waals surface area contributed by atoms with E-state index in [1.165, 1.54) is 4.31 Å². The largest absolute Gasteiger partial charge is 0.456 e. The van der Waals surface area contributed by atoms with Gasteiger partial charge in [-0.2, -0.15) is 18.3 Å². The van der Waals surface area contributed by atoms with Crippen molar-refractivity contribution in [1.29, 1.82) is 0 Å². The summed E-state index contributed by atoms with van der Waals surface area (Å²) in [7, 11) is 0. The third kappa shape index (κ3) is 6.09. The fourth-order valence-corrected chi connectivity index (χ4v) is 6.23. The van der Waals surface area contributed by atoms with Gasteiger partial charge in [-0.3, -0.25) is 9.20 Å². The lowest BCUT2D eigenvalue weighted by Crippen LogP contribution is -2.33. The van der Waals surface area contributed by atoms with Crippen LogP contribution < -0.4 is 10.2 Å². The zero-order chi connectivity index (χ0) is 29.4. The van der Waals surface area contributed by atoms with E-state index in [1.807, 2.05) is 32.2 Å². The van der Waals surface area contributed by atoms with Gasteiger partial charge in [0, 0.05) is 62.1 Å². The lowest BCUT2D eigenvalue weighted by molar-refractivity contribution is -0.0367. The molecule has 4 aromatic rings. The maximum Gasteiger partial charge on any atom is 0.456 e. The van der Waals surface area contributed by atoms with E-state index in [0.717, 1.165) is 54.3 Å². The number of carbonyl (C=O) groups excluding carboxylic acids is 1. The second kappa shape index (κ2) is 11.6. The topological polar surface area (TPSA) is 96.5 Å². The van der Waals surface area contributed by atoms with E-state index in [2.05, 4.69) is 42.4 Å². The van der Waals surface area contributed by atoms with Crippen molar-refractivity contribution in [3.63, 3.8) is 0 Å². The highest BCUT2D eigenvalue weighted by Crippen LogP contribution is 2.36. The van der Waals surface area contributed by atoms with Crippen LogP contribution in [0.25, 0.3) is 5.78 Å². The summed E-state index contributed by atoms with van der Waals surface area (Å²) in [5, 5.41) is 7.65. The first-order chi connectivity index (χ1) is 20.2. The van der Waals surface area contributed by atoms with Crippen molar-refractivity contribution in [3.05, 3.63) is 70.8 Å². The summed E-state index contributed by atoms with van der Waals surface area (Å²) in [4.78, 5) is 28.9. The summed E-state index contributed by atoms with van der Waals surface area (Å²) in [5.41, 5.74) is -0.000370. The Morgan fingerprint density at radius 1 is 1.10 bits per heavy atom.